The van der Waals surface area contributed by atoms with Gasteiger partial charge in [-0.05, 0) is 12.3 Å². The first-order valence-corrected chi connectivity index (χ1v) is 5.80. The average Bonchev–Trinajstić information content (AvgIpc) is 2.24. The molecule has 0 aromatic heterocycles. The summed E-state index contributed by atoms with van der Waals surface area (Å²) in [4.78, 5) is 24.9. The summed E-state index contributed by atoms with van der Waals surface area (Å²) in [6.45, 7) is 5.81. The van der Waals surface area contributed by atoms with Crippen molar-refractivity contribution in [2.24, 2.45) is 17.6 Å². The predicted molar refractivity (Wildman–Crippen MR) is 61.6 cm³/mol. The second-order valence-electron chi connectivity index (χ2n) is 4.67. The number of rotatable bonds is 4. The fraction of sp³-hybridized carbons (Fsp3) is 0.818. The highest BCUT2D eigenvalue weighted by molar-refractivity contribution is 5.87. The van der Waals surface area contributed by atoms with E-state index < -0.39 is 0 Å². The van der Waals surface area contributed by atoms with E-state index in [0.717, 1.165) is 6.42 Å². The summed E-state index contributed by atoms with van der Waals surface area (Å²) in [7, 11) is 0. The average molecular weight is 227 g/mol. The molecule has 92 valence electrons. The topological polar surface area (TPSA) is 75.4 Å². The van der Waals surface area contributed by atoms with E-state index in [1.54, 1.807) is 4.90 Å². The molecule has 5 nitrogen and oxygen atoms in total. The van der Waals surface area contributed by atoms with E-state index in [9.17, 15) is 9.59 Å². The van der Waals surface area contributed by atoms with Crippen molar-refractivity contribution >= 4 is 11.8 Å². The van der Waals surface area contributed by atoms with Crippen LogP contribution in [0.5, 0.6) is 0 Å². The maximum absolute atomic E-state index is 12.1. The van der Waals surface area contributed by atoms with Crippen LogP contribution in [-0.4, -0.2) is 42.9 Å². The number of nitrogens with zero attached hydrogens (tertiary/aromatic N) is 1. The number of nitrogens with one attached hydrogen (secondary N) is 1. The molecule has 0 aromatic carbocycles. The minimum Gasteiger partial charge on any atom is -0.353 e. The standard InChI is InChI=1S/C11H21N3O2/c1-8(2)5-9(6-12)11(16)14-4-3-13-10(15)7-14/h8-9H,3-7,12H2,1-2H3,(H,13,15). The van der Waals surface area contributed by atoms with Crippen LogP contribution in [-0.2, 0) is 9.59 Å². The molecule has 0 radical (unpaired) electrons. The van der Waals surface area contributed by atoms with E-state index >= 15 is 0 Å². The summed E-state index contributed by atoms with van der Waals surface area (Å²) in [5.41, 5.74) is 5.62. The number of nitrogens with two attached hydrogens (primary N) is 1. The van der Waals surface area contributed by atoms with Gasteiger partial charge in [-0.2, -0.15) is 0 Å². The number of hydrogen-bond donors (Lipinski definition) is 2. The normalized spacial score (nSPS) is 18.5. The van der Waals surface area contributed by atoms with Crippen molar-refractivity contribution in [1.29, 1.82) is 0 Å². The van der Waals surface area contributed by atoms with Crippen LogP contribution < -0.4 is 11.1 Å². The van der Waals surface area contributed by atoms with Gasteiger partial charge in [0.2, 0.25) is 11.8 Å². The van der Waals surface area contributed by atoms with Gasteiger partial charge in [0, 0.05) is 19.6 Å². The maximum atomic E-state index is 12.1. The predicted octanol–water partition coefficient (Wildman–Crippen LogP) is -0.434. The van der Waals surface area contributed by atoms with Gasteiger partial charge in [0.05, 0.1) is 12.5 Å². The molecule has 3 N–H and O–H groups in total. The molecule has 1 saturated heterocycles. The van der Waals surface area contributed by atoms with Gasteiger partial charge in [-0.1, -0.05) is 13.8 Å². The molecule has 0 bridgehead atoms. The Kier molecular flexibility index (Phi) is 4.73. The Labute approximate surface area is 96.4 Å². The van der Waals surface area contributed by atoms with Gasteiger partial charge in [0.25, 0.3) is 0 Å². The SMILES string of the molecule is CC(C)CC(CN)C(=O)N1CCNC(=O)C1. The number of carbonyl (C=O) groups is 2. The Morgan fingerprint density at radius 3 is 2.75 bits per heavy atom. The molecule has 0 aliphatic carbocycles. The zero-order chi connectivity index (χ0) is 12.1. The minimum absolute atomic E-state index is 0.0195. The van der Waals surface area contributed by atoms with Gasteiger partial charge in [0.1, 0.15) is 0 Å². The molecule has 1 aliphatic heterocycles. The van der Waals surface area contributed by atoms with Crippen LogP contribution in [0.15, 0.2) is 0 Å². The Morgan fingerprint density at radius 1 is 1.56 bits per heavy atom. The van der Waals surface area contributed by atoms with Crippen LogP contribution in [0.2, 0.25) is 0 Å². The van der Waals surface area contributed by atoms with E-state index in [0.29, 0.717) is 25.6 Å². The molecule has 2 amide bonds. The molecule has 1 aliphatic rings. The van der Waals surface area contributed by atoms with Crippen LogP contribution in [0, 0.1) is 11.8 Å². The Morgan fingerprint density at radius 2 is 2.25 bits per heavy atom. The van der Waals surface area contributed by atoms with Crippen molar-refractivity contribution in [2.45, 2.75) is 20.3 Å². The molecule has 1 fully saturated rings. The van der Waals surface area contributed by atoms with E-state index in [2.05, 4.69) is 19.2 Å². The van der Waals surface area contributed by atoms with Gasteiger partial charge in [-0.15, -0.1) is 0 Å². The maximum Gasteiger partial charge on any atom is 0.239 e. The zero-order valence-electron chi connectivity index (χ0n) is 10.0. The van der Waals surface area contributed by atoms with Crippen molar-refractivity contribution in [1.82, 2.24) is 10.2 Å². The van der Waals surface area contributed by atoms with Gasteiger partial charge in [-0.3, -0.25) is 9.59 Å². The second-order valence-corrected chi connectivity index (χ2v) is 4.67. The molecule has 0 aromatic rings. The molecule has 1 rings (SSSR count). The van der Waals surface area contributed by atoms with E-state index in [1.165, 1.54) is 0 Å². The first-order valence-electron chi connectivity index (χ1n) is 5.80. The van der Waals surface area contributed by atoms with Crippen molar-refractivity contribution in [3.63, 3.8) is 0 Å². The fourth-order valence-electron chi connectivity index (χ4n) is 1.95. The highest BCUT2D eigenvalue weighted by atomic mass is 16.2. The lowest BCUT2D eigenvalue weighted by atomic mass is 9.95. The lowest BCUT2D eigenvalue weighted by Gasteiger charge is -2.30. The first-order chi connectivity index (χ1) is 7.54. The third-order valence-electron chi connectivity index (χ3n) is 2.74. The molecule has 0 spiro atoms. The smallest absolute Gasteiger partial charge is 0.239 e. The summed E-state index contributed by atoms with van der Waals surface area (Å²) in [6, 6.07) is 0. The van der Waals surface area contributed by atoms with Gasteiger partial charge < -0.3 is 16.0 Å². The van der Waals surface area contributed by atoms with Crippen molar-refractivity contribution in [3.05, 3.63) is 0 Å². The fourth-order valence-corrected chi connectivity index (χ4v) is 1.95. The summed E-state index contributed by atoms with van der Waals surface area (Å²) >= 11 is 0. The number of piperazine rings is 1. The Bertz CT molecular complexity index is 266. The molecule has 1 unspecified atom stereocenters. The lowest BCUT2D eigenvalue weighted by molar-refractivity contribution is -0.141. The Balaban J connectivity index is 2.56. The molecule has 1 heterocycles. The van der Waals surface area contributed by atoms with Gasteiger partial charge in [-0.25, -0.2) is 0 Å². The number of hydrogen-bond acceptors (Lipinski definition) is 3. The first kappa shape index (κ1) is 13.0. The van der Waals surface area contributed by atoms with E-state index in [1.807, 2.05) is 0 Å². The summed E-state index contributed by atoms with van der Waals surface area (Å²) in [5.74, 6) is 0.230. The van der Waals surface area contributed by atoms with Gasteiger partial charge >= 0.3 is 0 Å². The molecule has 0 saturated carbocycles. The molecular weight excluding hydrogens is 206 g/mol. The summed E-state index contributed by atoms with van der Waals surface area (Å²) in [5, 5.41) is 2.70. The van der Waals surface area contributed by atoms with Crippen LogP contribution in [0.1, 0.15) is 20.3 Å². The third-order valence-corrected chi connectivity index (χ3v) is 2.74. The third kappa shape index (κ3) is 3.48. The minimum atomic E-state index is -0.147. The molecule has 16 heavy (non-hydrogen) atoms. The largest absolute Gasteiger partial charge is 0.353 e. The summed E-state index contributed by atoms with van der Waals surface area (Å²) in [6.07, 6.45) is 0.785. The van der Waals surface area contributed by atoms with Crippen molar-refractivity contribution < 1.29 is 9.59 Å². The zero-order valence-corrected chi connectivity index (χ0v) is 10.0. The lowest BCUT2D eigenvalue weighted by Crippen LogP contribution is -2.52. The van der Waals surface area contributed by atoms with Crippen LogP contribution in [0.4, 0.5) is 0 Å². The molecular formula is C11H21N3O2. The van der Waals surface area contributed by atoms with Crippen LogP contribution >= 0.6 is 0 Å². The molecule has 5 heteroatoms. The second kappa shape index (κ2) is 5.84. The molecule has 1 atom stereocenters. The highest BCUT2D eigenvalue weighted by Gasteiger charge is 2.27. The summed E-state index contributed by atoms with van der Waals surface area (Å²) < 4.78 is 0. The van der Waals surface area contributed by atoms with Gasteiger partial charge in [0.15, 0.2) is 0 Å². The highest BCUT2D eigenvalue weighted by Crippen LogP contribution is 2.14. The van der Waals surface area contributed by atoms with E-state index in [-0.39, 0.29) is 24.3 Å². The van der Waals surface area contributed by atoms with Crippen molar-refractivity contribution in [2.75, 3.05) is 26.2 Å². The number of amides is 2. The number of carbonyl (C=O) groups excluding carboxylic acids is 2. The van der Waals surface area contributed by atoms with E-state index in [4.69, 9.17) is 5.73 Å². The van der Waals surface area contributed by atoms with Crippen molar-refractivity contribution in [3.8, 4) is 0 Å². The van der Waals surface area contributed by atoms with Crippen LogP contribution in [0.25, 0.3) is 0 Å². The van der Waals surface area contributed by atoms with Crippen LogP contribution in [0.3, 0.4) is 0 Å². The monoisotopic (exact) mass is 227 g/mol. The Hall–Kier alpha value is -1.10. The quantitative estimate of drug-likeness (QED) is 0.684.